The minimum atomic E-state index is -0.374. The SMILES string of the molecule is COC(=O)c1ccc2nc(-c3ccccc3Cl)[nH]c2c1. The number of aromatic nitrogens is 2. The summed E-state index contributed by atoms with van der Waals surface area (Å²) in [6, 6.07) is 12.6. The molecule has 0 saturated carbocycles. The van der Waals surface area contributed by atoms with Crippen molar-refractivity contribution >= 4 is 28.6 Å². The summed E-state index contributed by atoms with van der Waals surface area (Å²) in [4.78, 5) is 19.2. The van der Waals surface area contributed by atoms with Crippen LogP contribution in [-0.2, 0) is 4.74 Å². The maximum atomic E-state index is 11.5. The second-order valence-corrected chi connectivity index (χ2v) is 4.70. The minimum Gasteiger partial charge on any atom is -0.465 e. The van der Waals surface area contributed by atoms with Gasteiger partial charge in [0.1, 0.15) is 5.82 Å². The highest BCUT2D eigenvalue weighted by Crippen LogP contribution is 2.27. The zero-order valence-electron chi connectivity index (χ0n) is 10.7. The third-order valence-electron chi connectivity index (χ3n) is 3.03. The molecule has 0 unspecified atom stereocenters. The largest absolute Gasteiger partial charge is 0.465 e. The van der Waals surface area contributed by atoms with Crippen LogP contribution in [0.2, 0.25) is 5.02 Å². The predicted octanol–water partition coefficient (Wildman–Crippen LogP) is 3.67. The first-order valence-corrected chi connectivity index (χ1v) is 6.40. The maximum absolute atomic E-state index is 11.5. The molecule has 5 heteroatoms. The standard InChI is InChI=1S/C15H11ClN2O2/c1-20-15(19)9-6-7-12-13(8-9)18-14(17-12)10-4-2-3-5-11(10)16/h2-8H,1H3,(H,17,18). The van der Waals surface area contributed by atoms with E-state index in [1.54, 1.807) is 18.2 Å². The van der Waals surface area contributed by atoms with Gasteiger partial charge in [0, 0.05) is 5.56 Å². The maximum Gasteiger partial charge on any atom is 0.337 e. The molecular formula is C15H11ClN2O2. The van der Waals surface area contributed by atoms with Gasteiger partial charge >= 0.3 is 5.97 Å². The van der Waals surface area contributed by atoms with E-state index in [4.69, 9.17) is 16.3 Å². The number of hydrogen-bond donors (Lipinski definition) is 1. The molecule has 1 N–H and O–H groups in total. The molecule has 100 valence electrons. The number of rotatable bonds is 2. The van der Waals surface area contributed by atoms with Crippen molar-refractivity contribution in [1.82, 2.24) is 9.97 Å². The van der Waals surface area contributed by atoms with Crippen LogP contribution < -0.4 is 0 Å². The van der Waals surface area contributed by atoms with E-state index < -0.39 is 0 Å². The first kappa shape index (κ1) is 12.7. The molecule has 4 nitrogen and oxygen atoms in total. The lowest BCUT2D eigenvalue weighted by Crippen LogP contribution is -2.00. The normalized spacial score (nSPS) is 10.7. The molecule has 1 aromatic heterocycles. The number of H-pyrrole nitrogens is 1. The Hall–Kier alpha value is -2.33. The third kappa shape index (κ3) is 2.14. The van der Waals surface area contributed by atoms with Crippen LogP contribution >= 0.6 is 11.6 Å². The van der Waals surface area contributed by atoms with Gasteiger partial charge in [0.2, 0.25) is 0 Å². The first-order chi connectivity index (χ1) is 9.69. The molecule has 0 spiro atoms. The Morgan fingerprint density at radius 2 is 2.05 bits per heavy atom. The number of nitrogens with one attached hydrogen (secondary N) is 1. The number of hydrogen-bond acceptors (Lipinski definition) is 3. The summed E-state index contributed by atoms with van der Waals surface area (Å²) < 4.78 is 4.70. The second kappa shape index (κ2) is 4.98. The Morgan fingerprint density at radius 3 is 2.80 bits per heavy atom. The number of benzene rings is 2. The van der Waals surface area contributed by atoms with E-state index in [1.165, 1.54) is 7.11 Å². The molecule has 0 aliphatic heterocycles. The van der Waals surface area contributed by atoms with Crippen molar-refractivity contribution in [2.45, 2.75) is 0 Å². The number of methoxy groups -OCH3 is 1. The summed E-state index contributed by atoms with van der Waals surface area (Å²) in [7, 11) is 1.36. The third-order valence-corrected chi connectivity index (χ3v) is 3.36. The van der Waals surface area contributed by atoms with E-state index in [9.17, 15) is 4.79 Å². The van der Waals surface area contributed by atoms with E-state index in [1.807, 2.05) is 24.3 Å². The van der Waals surface area contributed by atoms with Crippen molar-refractivity contribution in [1.29, 1.82) is 0 Å². The van der Waals surface area contributed by atoms with Crippen molar-refractivity contribution in [2.24, 2.45) is 0 Å². The molecule has 0 fully saturated rings. The molecule has 3 aromatic rings. The number of carbonyl (C=O) groups excluding carboxylic acids is 1. The van der Waals surface area contributed by atoms with Gasteiger partial charge < -0.3 is 9.72 Å². The molecule has 0 saturated heterocycles. The molecule has 0 atom stereocenters. The molecule has 20 heavy (non-hydrogen) atoms. The fourth-order valence-electron chi connectivity index (χ4n) is 2.04. The van der Waals surface area contributed by atoms with E-state index in [0.29, 0.717) is 16.4 Å². The number of ether oxygens (including phenoxy) is 1. The van der Waals surface area contributed by atoms with E-state index >= 15 is 0 Å². The monoisotopic (exact) mass is 286 g/mol. The Bertz CT molecular complexity index is 795. The van der Waals surface area contributed by atoms with Gasteiger partial charge in [-0.15, -0.1) is 0 Å². The Balaban J connectivity index is 2.12. The minimum absolute atomic E-state index is 0.374. The summed E-state index contributed by atoms with van der Waals surface area (Å²) in [5.41, 5.74) is 2.84. The highest BCUT2D eigenvalue weighted by Gasteiger charge is 2.11. The van der Waals surface area contributed by atoms with Gasteiger partial charge in [0.25, 0.3) is 0 Å². The van der Waals surface area contributed by atoms with Crippen LogP contribution in [0.15, 0.2) is 42.5 Å². The van der Waals surface area contributed by atoms with Crippen LogP contribution in [-0.4, -0.2) is 23.0 Å². The number of fused-ring (bicyclic) bond motifs is 1. The Morgan fingerprint density at radius 1 is 1.25 bits per heavy atom. The zero-order chi connectivity index (χ0) is 14.1. The van der Waals surface area contributed by atoms with Gasteiger partial charge in [0.15, 0.2) is 0 Å². The van der Waals surface area contributed by atoms with Gasteiger partial charge in [0.05, 0.1) is 28.7 Å². The zero-order valence-corrected chi connectivity index (χ0v) is 11.4. The highest BCUT2D eigenvalue weighted by molar-refractivity contribution is 6.33. The average Bonchev–Trinajstić information content (AvgIpc) is 2.89. The second-order valence-electron chi connectivity index (χ2n) is 4.29. The van der Waals surface area contributed by atoms with Crippen molar-refractivity contribution < 1.29 is 9.53 Å². The van der Waals surface area contributed by atoms with E-state index in [2.05, 4.69) is 9.97 Å². The van der Waals surface area contributed by atoms with Gasteiger partial charge in [-0.05, 0) is 30.3 Å². The van der Waals surface area contributed by atoms with Crippen molar-refractivity contribution in [3.05, 3.63) is 53.1 Å². The number of halogens is 1. The van der Waals surface area contributed by atoms with Crippen LogP contribution in [0.25, 0.3) is 22.4 Å². The predicted molar refractivity (Wildman–Crippen MR) is 77.9 cm³/mol. The van der Waals surface area contributed by atoms with Crippen molar-refractivity contribution in [2.75, 3.05) is 7.11 Å². The molecule has 1 heterocycles. The van der Waals surface area contributed by atoms with Crippen LogP contribution in [0.3, 0.4) is 0 Å². The molecular weight excluding hydrogens is 276 g/mol. The molecule has 0 radical (unpaired) electrons. The molecule has 0 amide bonds. The molecule has 0 aliphatic carbocycles. The quantitative estimate of drug-likeness (QED) is 0.731. The summed E-state index contributed by atoms with van der Waals surface area (Å²) >= 11 is 6.16. The smallest absolute Gasteiger partial charge is 0.337 e. The Labute approximate surface area is 120 Å². The number of nitrogens with zero attached hydrogens (tertiary/aromatic N) is 1. The number of aromatic amines is 1. The van der Waals surface area contributed by atoms with Gasteiger partial charge in [-0.3, -0.25) is 0 Å². The first-order valence-electron chi connectivity index (χ1n) is 6.02. The summed E-state index contributed by atoms with van der Waals surface area (Å²) in [6.45, 7) is 0. The fraction of sp³-hybridized carbons (Fsp3) is 0.0667. The van der Waals surface area contributed by atoms with Gasteiger partial charge in [-0.2, -0.15) is 0 Å². The van der Waals surface area contributed by atoms with Crippen LogP contribution in [0.4, 0.5) is 0 Å². The summed E-state index contributed by atoms with van der Waals surface area (Å²) in [6.07, 6.45) is 0. The average molecular weight is 287 g/mol. The number of esters is 1. The summed E-state index contributed by atoms with van der Waals surface area (Å²) in [5, 5.41) is 0.625. The van der Waals surface area contributed by atoms with E-state index in [0.717, 1.165) is 16.6 Å². The summed E-state index contributed by atoms with van der Waals surface area (Å²) in [5.74, 6) is 0.299. The van der Waals surface area contributed by atoms with Gasteiger partial charge in [-0.25, -0.2) is 9.78 Å². The lowest BCUT2D eigenvalue weighted by atomic mass is 10.2. The van der Waals surface area contributed by atoms with Crippen LogP contribution in [0.5, 0.6) is 0 Å². The molecule has 0 bridgehead atoms. The van der Waals surface area contributed by atoms with Crippen LogP contribution in [0.1, 0.15) is 10.4 Å². The molecule has 0 aliphatic rings. The van der Waals surface area contributed by atoms with Gasteiger partial charge in [-0.1, -0.05) is 23.7 Å². The molecule has 3 rings (SSSR count). The Kier molecular flexibility index (Phi) is 3.16. The topological polar surface area (TPSA) is 55.0 Å². The highest BCUT2D eigenvalue weighted by atomic mass is 35.5. The lowest BCUT2D eigenvalue weighted by Gasteiger charge is -1.98. The number of imidazole rings is 1. The van der Waals surface area contributed by atoms with E-state index in [-0.39, 0.29) is 5.97 Å². The number of carbonyl (C=O) groups is 1. The lowest BCUT2D eigenvalue weighted by molar-refractivity contribution is 0.0601. The fourth-order valence-corrected chi connectivity index (χ4v) is 2.26. The van der Waals surface area contributed by atoms with Crippen molar-refractivity contribution in [3.8, 4) is 11.4 Å². The van der Waals surface area contributed by atoms with Crippen LogP contribution in [0, 0.1) is 0 Å². The van der Waals surface area contributed by atoms with Crippen molar-refractivity contribution in [3.63, 3.8) is 0 Å². The molecule has 2 aromatic carbocycles.